The summed E-state index contributed by atoms with van der Waals surface area (Å²) in [6, 6.07) is 9.53. The van der Waals surface area contributed by atoms with Gasteiger partial charge in [-0.25, -0.2) is 0 Å². The second-order valence-corrected chi connectivity index (χ2v) is 5.56. The molecule has 4 heteroatoms. The van der Waals surface area contributed by atoms with Crippen molar-refractivity contribution < 1.29 is 20.4 Å². The summed E-state index contributed by atoms with van der Waals surface area (Å²) in [4.78, 5) is 0. The van der Waals surface area contributed by atoms with Crippen molar-refractivity contribution in [2.24, 2.45) is 5.92 Å². The van der Waals surface area contributed by atoms with Crippen LogP contribution in [0.15, 0.2) is 42.0 Å². The van der Waals surface area contributed by atoms with Gasteiger partial charge in [-0.2, -0.15) is 0 Å². The second-order valence-electron chi connectivity index (χ2n) is 5.56. The highest BCUT2D eigenvalue weighted by atomic mass is 16.3. The summed E-state index contributed by atoms with van der Waals surface area (Å²) in [5, 5.41) is 37.7. The molecule has 1 unspecified atom stereocenters. The first kappa shape index (κ1) is 15.8. The van der Waals surface area contributed by atoms with Crippen LogP contribution in [-0.4, -0.2) is 20.4 Å². The number of benzene rings is 2. The van der Waals surface area contributed by atoms with Crippen LogP contribution in [0.5, 0.6) is 23.0 Å². The van der Waals surface area contributed by atoms with Gasteiger partial charge in [0.2, 0.25) is 0 Å². The van der Waals surface area contributed by atoms with E-state index in [2.05, 4.69) is 6.92 Å². The molecular weight excluding hydrogens is 280 g/mol. The predicted octanol–water partition coefficient (Wildman–Crippen LogP) is 3.79. The van der Waals surface area contributed by atoms with Crippen LogP contribution < -0.4 is 0 Å². The Bertz CT molecular complexity index is 704. The van der Waals surface area contributed by atoms with Gasteiger partial charge in [0.05, 0.1) is 0 Å². The van der Waals surface area contributed by atoms with Gasteiger partial charge in [-0.05, 0) is 54.7 Å². The highest BCUT2D eigenvalue weighted by molar-refractivity contribution is 5.57. The predicted molar refractivity (Wildman–Crippen MR) is 86.1 cm³/mol. The minimum Gasteiger partial charge on any atom is -0.504 e. The molecule has 2 rings (SSSR count). The molecule has 0 saturated carbocycles. The fourth-order valence-corrected chi connectivity index (χ4v) is 2.25. The summed E-state index contributed by atoms with van der Waals surface area (Å²) < 4.78 is 0. The Morgan fingerprint density at radius 3 is 2.09 bits per heavy atom. The van der Waals surface area contributed by atoms with Crippen LogP contribution in [0.4, 0.5) is 0 Å². The number of allylic oxidation sites excluding steroid dienone is 1. The van der Waals surface area contributed by atoms with E-state index in [4.69, 9.17) is 0 Å². The molecule has 0 radical (unpaired) electrons. The molecule has 4 nitrogen and oxygen atoms in total. The minimum atomic E-state index is -0.141. The Kier molecular flexibility index (Phi) is 4.61. The van der Waals surface area contributed by atoms with E-state index >= 15 is 0 Å². The van der Waals surface area contributed by atoms with E-state index in [0.717, 1.165) is 23.1 Å². The van der Waals surface area contributed by atoms with Gasteiger partial charge in [-0.3, -0.25) is 0 Å². The quantitative estimate of drug-likeness (QED) is 0.648. The highest BCUT2D eigenvalue weighted by Gasteiger charge is 2.09. The van der Waals surface area contributed by atoms with E-state index in [-0.39, 0.29) is 28.9 Å². The Hall–Kier alpha value is -2.62. The average Bonchev–Trinajstić information content (AvgIpc) is 2.46. The van der Waals surface area contributed by atoms with E-state index in [1.165, 1.54) is 18.2 Å². The summed E-state index contributed by atoms with van der Waals surface area (Å²) in [7, 11) is 0. The molecule has 4 N–H and O–H groups in total. The molecule has 1 atom stereocenters. The SMILES string of the molecule is C/C(=C\c1ccc(O)c(O)c1)C(C)Cc1ccc(O)c(O)c1. The largest absolute Gasteiger partial charge is 0.504 e. The molecule has 0 aromatic heterocycles. The molecule has 0 aliphatic heterocycles. The zero-order valence-electron chi connectivity index (χ0n) is 12.6. The third-order valence-electron chi connectivity index (χ3n) is 3.75. The van der Waals surface area contributed by atoms with Crippen LogP contribution in [-0.2, 0) is 6.42 Å². The normalized spacial score (nSPS) is 13.1. The van der Waals surface area contributed by atoms with Gasteiger partial charge in [0.1, 0.15) is 0 Å². The molecule has 0 fully saturated rings. The first-order valence-corrected chi connectivity index (χ1v) is 7.08. The number of aromatic hydroxyl groups is 4. The Morgan fingerprint density at radius 1 is 0.909 bits per heavy atom. The van der Waals surface area contributed by atoms with Crippen LogP contribution in [0, 0.1) is 5.92 Å². The van der Waals surface area contributed by atoms with Gasteiger partial charge >= 0.3 is 0 Å². The van der Waals surface area contributed by atoms with Crippen LogP contribution in [0.2, 0.25) is 0 Å². The van der Waals surface area contributed by atoms with Crippen molar-refractivity contribution in [3.8, 4) is 23.0 Å². The van der Waals surface area contributed by atoms with Crippen molar-refractivity contribution in [1.82, 2.24) is 0 Å². The number of phenolic OH excluding ortho intramolecular Hbond substituents is 4. The molecule has 0 aliphatic carbocycles. The number of rotatable bonds is 4. The van der Waals surface area contributed by atoms with Gasteiger partial charge in [0, 0.05) is 0 Å². The maximum absolute atomic E-state index is 9.53. The fraction of sp³-hybridized carbons (Fsp3) is 0.222. The van der Waals surface area contributed by atoms with E-state index in [9.17, 15) is 20.4 Å². The van der Waals surface area contributed by atoms with Crippen molar-refractivity contribution in [3.05, 3.63) is 53.1 Å². The van der Waals surface area contributed by atoms with Crippen LogP contribution >= 0.6 is 0 Å². The summed E-state index contributed by atoms with van der Waals surface area (Å²) in [6.07, 6.45) is 2.67. The molecule has 0 amide bonds. The molecule has 0 aliphatic rings. The third-order valence-corrected chi connectivity index (χ3v) is 3.75. The van der Waals surface area contributed by atoms with E-state index in [1.807, 2.05) is 13.0 Å². The van der Waals surface area contributed by atoms with Crippen molar-refractivity contribution in [3.63, 3.8) is 0 Å². The molecule has 2 aromatic carbocycles. The third kappa shape index (κ3) is 3.73. The lowest BCUT2D eigenvalue weighted by atomic mass is 9.93. The molecule has 2 aromatic rings. The highest BCUT2D eigenvalue weighted by Crippen LogP contribution is 2.29. The van der Waals surface area contributed by atoms with Gasteiger partial charge in [-0.15, -0.1) is 0 Å². The Balaban J connectivity index is 2.13. The lowest BCUT2D eigenvalue weighted by molar-refractivity contribution is 0.403. The number of hydrogen-bond donors (Lipinski definition) is 4. The Morgan fingerprint density at radius 2 is 1.50 bits per heavy atom. The van der Waals surface area contributed by atoms with Gasteiger partial charge in [0.15, 0.2) is 23.0 Å². The number of phenols is 4. The minimum absolute atomic E-state index is 0.116. The van der Waals surface area contributed by atoms with Crippen molar-refractivity contribution >= 4 is 6.08 Å². The first-order chi connectivity index (χ1) is 10.4. The molecule has 0 saturated heterocycles. The lowest BCUT2D eigenvalue weighted by Gasteiger charge is -2.13. The Labute approximate surface area is 129 Å². The van der Waals surface area contributed by atoms with Gasteiger partial charge < -0.3 is 20.4 Å². The number of hydrogen-bond acceptors (Lipinski definition) is 4. The first-order valence-electron chi connectivity index (χ1n) is 7.08. The average molecular weight is 300 g/mol. The zero-order valence-corrected chi connectivity index (χ0v) is 12.6. The molecule has 0 heterocycles. The smallest absolute Gasteiger partial charge is 0.157 e. The lowest BCUT2D eigenvalue weighted by Crippen LogP contribution is -2.01. The summed E-state index contributed by atoms with van der Waals surface area (Å²) >= 11 is 0. The van der Waals surface area contributed by atoms with Crippen LogP contribution in [0.1, 0.15) is 25.0 Å². The standard InChI is InChI=1S/C18H20O4/c1-11(7-13-3-5-15(19)17(21)9-13)12(2)8-14-4-6-16(20)18(22)10-14/h3-7,9-10,12,19-22H,8H2,1-2H3/b11-7+. The topological polar surface area (TPSA) is 80.9 Å². The van der Waals surface area contributed by atoms with Crippen molar-refractivity contribution in [1.29, 1.82) is 0 Å². The maximum Gasteiger partial charge on any atom is 0.157 e. The molecule has 22 heavy (non-hydrogen) atoms. The van der Waals surface area contributed by atoms with Crippen molar-refractivity contribution in [2.75, 3.05) is 0 Å². The molecule has 116 valence electrons. The fourth-order valence-electron chi connectivity index (χ4n) is 2.25. The maximum atomic E-state index is 9.53. The second kappa shape index (κ2) is 6.43. The summed E-state index contributed by atoms with van der Waals surface area (Å²) in [5.74, 6) is -0.294. The van der Waals surface area contributed by atoms with Crippen LogP contribution in [0.3, 0.4) is 0 Å². The molecule has 0 bridgehead atoms. The monoisotopic (exact) mass is 300 g/mol. The molecule has 0 spiro atoms. The van der Waals surface area contributed by atoms with E-state index in [0.29, 0.717) is 0 Å². The van der Waals surface area contributed by atoms with E-state index in [1.54, 1.807) is 18.2 Å². The molecular formula is C18H20O4. The van der Waals surface area contributed by atoms with E-state index < -0.39 is 0 Å². The van der Waals surface area contributed by atoms with Crippen LogP contribution in [0.25, 0.3) is 6.08 Å². The van der Waals surface area contributed by atoms with Crippen molar-refractivity contribution in [2.45, 2.75) is 20.3 Å². The summed E-state index contributed by atoms with van der Waals surface area (Å²) in [6.45, 7) is 4.06. The zero-order chi connectivity index (χ0) is 16.3. The van der Waals surface area contributed by atoms with Gasteiger partial charge in [0.25, 0.3) is 0 Å². The summed E-state index contributed by atoms with van der Waals surface area (Å²) in [5.41, 5.74) is 2.86. The van der Waals surface area contributed by atoms with Gasteiger partial charge in [-0.1, -0.05) is 30.7 Å².